The van der Waals surface area contributed by atoms with Crippen LogP contribution < -0.4 is 0 Å². The summed E-state index contributed by atoms with van der Waals surface area (Å²) < 4.78 is 5.50. The number of rotatable bonds is 1. The molecule has 2 fully saturated rings. The number of hydrogen-bond acceptors (Lipinski definition) is 3. The van der Waals surface area contributed by atoms with Crippen molar-refractivity contribution in [3.8, 4) is 0 Å². The van der Waals surface area contributed by atoms with E-state index in [1.807, 2.05) is 27.7 Å². The molecular formula is C14H23NO4. The van der Waals surface area contributed by atoms with Gasteiger partial charge in [0.25, 0.3) is 0 Å². The molecule has 0 aromatic heterocycles. The van der Waals surface area contributed by atoms with Crippen molar-refractivity contribution in [2.45, 2.75) is 71.1 Å². The lowest BCUT2D eigenvalue weighted by Crippen LogP contribution is -2.52. The predicted molar refractivity (Wildman–Crippen MR) is 69.9 cm³/mol. The van der Waals surface area contributed by atoms with E-state index in [0.717, 1.165) is 12.8 Å². The molecule has 2 aliphatic heterocycles. The van der Waals surface area contributed by atoms with Crippen molar-refractivity contribution in [3.05, 3.63) is 0 Å². The molecule has 0 aromatic carbocycles. The molecule has 2 heterocycles. The van der Waals surface area contributed by atoms with Crippen molar-refractivity contribution >= 4 is 12.1 Å². The second kappa shape index (κ2) is 4.39. The zero-order chi connectivity index (χ0) is 14.4. The molecule has 2 bridgehead atoms. The number of carbonyl (C=O) groups excluding carboxylic acids is 1. The van der Waals surface area contributed by atoms with Crippen LogP contribution in [0.1, 0.15) is 53.4 Å². The lowest BCUT2D eigenvalue weighted by Gasteiger charge is -2.42. The van der Waals surface area contributed by atoms with Crippen LogP contribution in [0.5, 0.6) is 0 Å². The maximum absolute atomic E-state index is 12.3. The molecule has 0 spiro atoms. The molecule has 1 amide bonds. The third kappa shape index (κ3) is 2.69. The number of carboxylic acid groups (broad SMARTS) is 1. The quantitative estimate of drug-likeness (QED) is 0.743. The summed E-state index contributed by atoms with van der Waals surface area (Å²) >= 11 is 0. The molecular weight excluding hydrogens is 246 g/mol. The second-order valence-electron chi connectivity index (χ2n) is 7.05. The summed E-state index contributed by atoms with van der Waals surface area (Å²) in [7, 11) is 0. The van der Waals surface area contributed by atoms with Crippen molar-refractivity contribution in [1.82, 2.24) is 4.90 Å². The van der Waals surface area contributed by atoms with E-state index < -0.39 is 17.1 Å². The fraction of sp³-hybridized carbons (Fsp3) is 0.857. The van der Waals surface area contributed by atoms with Gasteiger partial charge in [0.2, 0.25) is 0 Å². The van der Waals surface area contributed by atoms with Gasteiger partial charge in [-0.2, -0.15) is 0 Å². The highest BCUT2D eigenvalue weighted by Crippen LogP contribution is 2.46. The van der Waals surface area contributed by atoms with Gasteiger partial charge in [0, 0.05) is 12.1 Å². The highest BCUT2D eigenvalue weighted by Gasteiger charge is 2.52. The van der Waals surface area contributed by atoms with E-state index in [2.05, 4.69) is 0 Å². The van der Waals surface area contributed by atoms with E-state index in [4.69, 9.17) is 4.74 Å². The van der Waals surface area contributed by atoms with Crippen molar-refractivity contribution in [2.24, 2.45) is 5.41 Å². The van der Waals surface area contributed by atoms with Crippen LogP contribution in [0.15, 0.2) is 0 Å². The third-order valence-corrected chi connectivity index (χ3v) is 4.10. The minimum Gasteiger partial charge on any atom is -0.465 e. The maximum atomic E-state index is 12.3. The van der Waals surface area contributed by atoms with Crippen LogP contribution in [0.3, 0.4) is 0 Å². The van der Waals surface area contributed by atoms with E-state index in [-0.39, 0.29) is 18.1 Å². The molecule has 2 aliphatic rings. The first kappa shape index (κ1) is 14.2. The van der Waals surface area contributed by atoms with E-state index >= 15 is 0 Å². The lowest BCUT2D eigenvalue weighted by molar-refractivity contribution is -0.170. The number of nitrogens with zero attached hydrogens (tertiary/aromatic N) is 1. The number of carbonyl (C=O) groups is 2. The molecule has 0 saturated carbocycles. The summed E-state index contributed by atoms with van der Waals surface area (Å²) in [6.45, 7) is 7.48. The zero-order valence-electron chi connectivity index (χ0n) is 12.1. The van der Waals surface area contributed by atoms with E-state index in [9.17, 15) is 14.7 Å². The molecule has 0 aliphatic carbocycles. The Morgan fingerprint density at radius 2 is 1.68 bits per heavy atom. The average molecular weight is 269 g/mol. The Balaban J connectivity index is 2.12. The van der Waals surface area contributed by atoms with Crippen LogP contribution in [0.25, 0.3) is 0 Å². The highest BCUT2D eigenvalue weighted by molar-refractivity contribution is 5.78. The molecule has 5 heteroatoms. The Labute approximate surface area is 113 Å². The van der Waals surface area contributed by atoms with Gasteiger partial charge < -0.3 is 14.7 Å². The normalized spacial score (nSPS) is 34.2. The Bertz CT molecular complexity index is 385. The van der Waals surface area contributed by atoms with Crippen LogP contribution in [-0.4, -0.2) is 39.8 Å². The monoisotopic (exact) mass is 269 g/mol. The minimum absolute atomic E-state index is 0.0335. The molecule has 0 aromatic rings. The smallest absolute Gasteiger partial charge is 0.407 e. The second-order valence-corrected chi connectivity index (χ2v) is 7.05. The summed E-state index contributed by atoms with van der Waals surface area (Å²) in [5, 5.41) is 9.22. The van der Waals surface area contributed by atoms with Crippen LogP contribution in [0.2, 0.25) is 0 Å². The summed E-state index contributed by atoms with van der Waals surface area (Å²) in [6, 6.07) is -0.0671. The summed E-state index contributed by atoms with van der Waals surface area (Å²) in [5.41, 5.74) is -1.05. The van der Waals surface area contributed by atoms with Crippen molar-refractivity contribution in [1.29, 1.82) is 0 Å². The summed E-state index contributed by atoms with van der Waals surface area (Å²) in [5.74, 6) is -0.193. The Hall–Kier alpha value is -1.26. The summed E-state index contributed by atoms with van der Waals surface area (Å²) in [4.78, 5) is 25.1. The lowest BCUT2D eigenvalue weighted by atomic mass is 9.76. The molecule has 2 rings (SSSR count). The number of piperidine rings is 1. The van der Waals surface area contributed by atoms with Gasteiger partial charge in [0.1, 0.15) is 5.60 Å². The fourth-order valence-corrected chi connectivity index (χ4v) is 3.37. The molecule has 1 N–H and O–H groups in total. The number of amides is 1. The first-order valence-corrected chi connectivity index (χ1v) is 6.87. The van der Waals surface area contributed by atoms with Gasteiger partial charge in [-0.15, -0.1) is 0 Å². The van der Waals surface area contributed by atoms with Crippen LogP contribution in [0, 0.1) is 5.41 Å². The number of fused-ring (bicyclic) bond motifs is 2. The van der Waals surface area contributed by atoms with Gasteiger partial charge >= 0.3 is 12.1 Å². The van der Waals surface area contributed by atoms with Crippen molar-refractivity contribution < 1.29 is 19.4 Å². The Kier molecular flexibility index (Phi) is 3.27. The van der Waals surface area contributed by atoms with Gasteiger partial charge in [0.15, 0.2) is 0 Å². The molecule has 19 heavy (non-hydrogen) atoms. The topological polar surface area (TPSA) is 66.8 Å². The first-order valence-electron chi connectivity index (χ1n) is 6.87. The predicted octanol–water partition coefficient (Wildman–Crippen LogP) is 2.64. The van der Waals surface area contributed by atoms with Crippen molar-refractivity contribution in [2.75, 3.05) is 0 Å². The maximum Gasteiger partial charge on any atom is 0.407 e. The average Bonchev–Trinajstić information content (AvgIpc) is 2.49. The van der Waals surface area contributed by atoms with Crippen LogP contribution in [-0.2, 0) is 9.53 Å². The number of ether oxygens (including phenoxy) is 1. The number of hydrogen-bond donors (Lipinski definition) is 1. The van der Waals surface area contributed by atoms with Gasteiger partial charge in [-0.25, -0.2) is 4.79 Å². The molecule has 2 unspecified atom stereocenters. The van der Waals surface area contributed by atoms with E-state index in [0.29, 0.717) is 12.8 Å². The van der Waals surface area contributed by atoms with Gasteiger partial charge in [0.05, 0.1) is 5.41 Å². The fourth-order valence-electron chi connectivity index (χ4n) is 3.37. The third-order valence-electron chi connectivity index (χ3n) is 4.10. The zero-order valence-corrected chi connectivity index (χ0v) is 12.1. The van der Waals surface area contributed by atoms with E-state index in [1.165, 1.54) is 4.90 Å². The molecule has 108 valence electrons. The van der Waals surface area contributed by atoms with Gasteiger partial charge in [-0.05, 0) is 53.4 Å². The Morgan fingerprint density at radius 3 is 2.05 bits per heavy atom. The number of esters is 1. The molecule has 0 radical (unpaired) electrons. The standard InChI is InChI=1S/C14H23NO4/c1-13(2,3)19-11(16)14(4)7-9-5-6-10(8-14)15(9)12(17)18/h9-10H,5-8H2,1-4H3,(H,17,18). The Morgan fingerprint density at radius 1 is 1.21 bits per heavy atom. The van der Waals surface area contributed by atoms with Gasteiger partial charge in [-0.1, -0.05) is 0 Å². The highest BCUT2D eigenvalue weighted by atomic mass is 16.6. The van der Waals surface area contributed by atoms with Crippen molar-refractivity contribution in [3.63, 3.8) is 0 Å². The SMILES string of the molecule is CC(C)(C)OC(=O)C1(C)CC2CCC(C1)N2C(=O)O. The molecule has 2 saturated heterocycles. The van der Waals surface area contributed by atoms with Gasteiger partial charge in [-0.3, -0.25) is 4.79 Å². The van der Waals surface area contributed by atoms with Crippen LogP contribution >= 0.6 is 0 Å². The first-order chi connectivity index (χ1) is 8.62. The molecule has 2 atom stereocenters. The van der Waals surface area contributed by atoms with E-state index in [1.54, 1.807) is 0 Å². The minimum atomic E-state index is -0.862. The van der Waals surface area contributed by atoms with Crippen LogP contribution in [0.4, 0.5) is 4.79 Å². The largest absolute Gasteiger partial charge is 0.465 e. The molecule has 5 nitrogen and oxygen atoms in total. The summed E-state index contributed by atoms with van der Waals surface area (Å²) in [6.07, 6.45) is 2.00.